The zero-order valence-corrected chi connectivity index (χ0v) is 22.1. The molecular weight excluding hydrogens is 517 g/mol. The van der Waals surface area contributed by atoms with Gasteiger partial charge in [-0.3, -0.25) is 9.13 Å². The van der Waals surface area contributed by atoms with Gasteiger partial charge in [0.05, 0.1) is 48.8 Å². The quantitative estimate of drug-likeness (QED) is 0.326. The van der Waals surface area contributed by atoms with Crippen molar-refractivity contribution in [1.29, 1.82) is 21.0 Å². The molecule has 1 aliphatic carbocycles. The Balaban J connectivity index is 2.27. The maximum atomic E-state index is 14.8. The first kappa shape index (κ1) is 25.2. The normalized spacial score (nSPS) is 40.5. The van der Waals surface area contributed by atoms with Gasteiger partial charge in [-0.15, -0.1) is 11.6 Å². The lowest BCUT2D eigenvalue weighted by Crippen LogP contribution is -2.77. The number of allylic oxidation sites excluding steroid dienone is 6. The predicted octanol–water partition coefficient (Wildman–Crippen LogP) is 5.74. The number of halogens is 2. The van der Waals surface area contributed by atoms with Gasteiger partial charge in [-0.1, -0.05) is 11.6 Å². The summed E-state index contributed by atoms with van der Waals surface area (Å²) in [4.78, 5) is -1.84. The number of fused-ring (bicyclic) bond motifs is 8. The van der Waals surface area contributed by atoms with Gasteiger partial charge in [0.25, 0.3) is 0 Å². The zero-order valence-electron chi connectivity index (χ0n) is 18.8. The molecule has 2 unspecified atom stereocenters. The van der Waals surface area contributed by atoms with E-state index in [9.17, 15) is 30.2 Å². The van der Waals surface area contributed by atoms with Crippen LogP contribution < -0.4 is 0 Å². The molecule has 8 nitrogen and oxygen atoms in total. The molecule has 1 saturated heterocycles. The SMILES string of the molecule is CCOP1(=O)C2=C(C)C(Cl)=C[C@H]1C1=C(C)[C@@]3(Cl)[C@@H]([C@H]2P1(=O)OCC)C(C#N)(C#N)C3(C#N)C#N. The van der Waals surface area contributed by atoms with Crippen molar-refractivity contribution < 1.29 is 18.2 Å². The van der Waals surface area contributed by atoms with E-state index < -0.39 is 47.7 Å². The number of rotatable bonds is 4. The first-order valence-corrected chi connectivity index (χ1v) is 14.7. The van der Waals surface area contributed by atoms with Gasteiger partial charge in [0.15, 0.2) is 10.8 Å². The summed E-state index contributed by atoms with van der Waals surface area (Å²) in [5, 5.41) is 41.2. The van der Waals surface area contributed by atoms with Crippen LogP contribution in [0.2, 0.25) is 0 Å². The van der Waals surface area contributed by atoms with Crippen LogP contribution in [0.1, 0.15) is 27.7 Å². The molecule has 0 radical (unpaired) electrons. The molecule has 0 spiro atoms. The summed E-state index contributed by atoms with van der Waals surface area (Å²) in [5.41, 5.74) is -6.45. The van der Waals surface area contributed by atoms with E-state index >= 15 is 0 Å². The van der Waals surface area contributed by atoms with Crippen molar-refractivity contribution in [2.75, 3.05) is 13.2 Å². The number of hydrogen-bond donors (Lipinski definition) is 0. The molecule has 6 atom stereocenters. The van der Waals surface area contributed by atoms with Crippen molar-refractivity contribution in [2.24, 2.45) is 16.7 Å². The van der Waals surface area contributed by atoms with Gasteiger partial charge in [-0.2, -0.15) is 21.0 Å². The zero-order chi connectivity index (χ0) is 25.5. The molecule has 1 saturated carbocycles. The molecule has 0 aromatic rings. The Morgan fingerprint density at radius 1 is 0.971 bits per heavy atom. The van der Waals surface area contributed by atoms with Crippen LogP contribution in [0.5, 0.6) is 0 Å². The van der Waals surface area contributed by atoms with Crippen molar-refractivity contribution in [3.8, 4) is 24.3 Å². The number of hydrogen-bond acceptors (Lipinski definition) is 8. The van der Waals surface area contributed by atoms with Gasteiger partial charge in [0.2, 0.25) is 14.7 Å². The minimum absolute atomic E-state index is 0.0236. The highest BCUT2D eigenvalue weighted by Gasteiger charge is 2.90. The Kier molecular flexibility index (Phi) is 5.62. The average Bonchev–Trinajstić information content (AvgIpc) is 2.79. The second-order valence-corrected chi connectivity index (χ2v) is 14.6. The molecule has 12 heteroatoms. The third-order valence-corrected chi connectivity index (χ3v) is 15.5. The maximum Gasteiger partial charge on any atom is 0.240 e. The molecule has 0 amide bonds. The summed E-state index contributed by atoms with van der Waals surface area (Å²) in [5.74, 6) is -1.33. The molecule has 3 heterocycles. The number of nitrogens with zero attached hydrogens (tertiary/aromatic N) is 4. The van der Waals surface area contributed by atoms with Gasteiger partial charge in [-0.05, 0) is 44.9 Å². The van der Waals surface area contributed by atoms with Crippen molar-refractivity contribution in [2.45, 2.75) is 43.9 Å². The first-order chi connectivity index (χ1) is 15.9. The van der Waals surface area contributed by atoms with Crippen LogP contribution in [0.25, 0.3) is 0 Å². The minimum Gasteiger partial charge on any atom is -0.325 e. The molecule has 0 N–H and O–H groups in total. The van der Waals surface area contributed by atoms with E-state index in [2.05, 4.69) is 0 Å². The van der Waals surface area contributed by atoms with Gasteiger partial charge in [0.1, 0.15) is 4.87 Å². The molecule has 176 valence electrons. The predicted molar refractivity (Wildman–Crippen MR) is 125 cm³/mol. The third kappa shape index (κ3) is 2.27. The van der Waals surface area contributed by atoms with Crippen LogP contribution in [0.15, 0.2) is 32.9 Å². The van der Waals surface area contributed by atoms with Crippen LogP contribution >= 0.6 is 37.9 Å². The second kappa shape index (κ2) is 7.57. The van der Waals surface area contributed by atoms with E-state index in [1.807, 2.05) is 24.3 Å². The lowest BCUT2D eigenvalue weighted by atomic mass is 9.36. The summed E-state index contributed by atoms with van der Waals surface area (Å²) in [6.45, 7) is 6.51. The fraction of sp³-hybridized carbons (Fsp3) is 0.545. The molecule has 0 aromatic carbocycles. The van der Waals surface area contributed by atoms with Crippen molar-refractivity contribution in [3.63, 3.8) is 0 Å². The van der Waals surface area contributed by atoms with Crippen molar-refractivity contribution in [1.82, 2.24) is 0 Å². The lowest BCUT2D eigenvalue weighted by Gasteiger charge is -2.68. The molecule has 0 aromatic heterocycles. The van der Waals surface area contributed by atoms with Gasteiger partial charge in [0, 0.05) is 21.6 Å². The topological polar surface area (TPSA) is 148 Å². The molecule has 2 fully saturated rings. The standard InChI is InChI=1S/C22H20Cl2N4O4P2/c1-5-31-33(29)15-7-14(23)12(3)16(33)18-19-20(8-25,9-26)21(10-27,11-28)22(19,24)13(4)17(15)34(18,30)32-6-2/h7,15,18-19H,5-6H2,1-4H3/t15-,18-,19-,22+,33?,34?/m0/s1. The van der Waals surface area contributed by atoms with E-state index in [0.29, 0.717) is 5.57 Å². The van der Waals surface area contributed by atoms with E-state index in [1.165, 1.54) is 13.0 Å². The second-order valence-electron chi connectivity index (χ2n) is 8.65. The highest BCUT2D eigenvalue weighted by atomic mass is 35.5. The molecule has 3 aliphatic heterocycles. The van der Waals surface area contributed by atoms with E-state index in [4.69, 9.17) is 32.2 Å². The number of alkyl halides is 1. The van der Waals surface area contributed by atoms with Crippen LogP contribution in [0, 0.1) is 62.1 Å². The van der Waals surface area contributed by atoms with Gasteiger partial charge >= 0.3 is 0 Å². The first-order valence-electron chi connectivity index (χ1n) is 10.6. The van der Waals surface area contributed by atoms with E-state index in [-0.39, 0.29) is 34.4 Å². The van der Waals surface area contributed by atoms with Crippen LogP contribution in [0.3, 0.4) is 0 Å². The highest BCUT2D eigenvalue weighted by Crippen LogP contribution is 2.91. The van der Waals surface area contributed by atoms with Crippen molar-refractivity contribution >= 4 is 37.9 Å². The Morgan fingerprint density at radius 2 is 1.50 bits per heavy atom. The largest absolute Gasteiger partial charge is 0.325 e. The lowest BCUT2D eigenvalue weighted by molar-refractivity contribution is -0.0133. The fourth-order valence-corrected chi connectivity index (χ4v) is 15.7. The van der Waals surface area contributed by atoms with E-state index in [0.717, 1.165) is 0 Å². The highest BCUT2D eigenvalue weighted by molar-refractivity contribution is 7.74. The molecule has 34 heavy (non-hydrogen) atoms. The number of nitriles is 4. The Hall–Kier alpha value is -1.86. The summed E-state index contributed by atoms with van der Waals surface area (Å²) >= 11 is 13.7. The minimum atomic E-state index is -3.94. The summed E-state index contributed by atoms with van der Waals surface area (Å²) in [6.07, 6.45) is 1.50. The van der Waals surface area contributed by atoms with E-state index in [1.54, 1.807) is 20.8 Å². The summed E-state index contributed by atoms with van der Waals surface area (Å²) in [6, 6.07) is 7.40. The van der Waals surface area contributed by atoms with Gasteiger partial charge < -0.3 is 9.05 Å². The molecule has 4 bridgehead atoms. The van der Waals surface area contributed by atoms with Crippen molar-refractivity contribution in [3.05, 3.63) is 32.9 Å². The van der Waals surface area contributed by atoms with Crippen LogP contribution in [-0.2, 0) is 18.2 Å². The maximum absolute atomic E-state index is 14.8. The van der Waals surface area contributed by atoms with Crippen LogP contribution in [-0.4, -0.2) is 29.4 Å². The van der Waals surface area contributed by atoms with Crippen LogP contribution in [0.4, 0.5) is 0 Å². The molecular formula is C22H20Cl2N4O4P2. The smallest absolute Gasteiger partial charge is 0.240 e. The Labute approximate surface area is 207 Å². The summed E-state index contributed by atoms with van der Waals surface area (Å²) in [7, 11) is -7.71. The average molecular weight is 537 g/mol. The Morgan fingerprint density at radius 3 is 1.97 bits per heavy atom. The summed E-state index contributed by atoms with van der Waals surface area (Å²) < 4.78 is 41.0. The third-order valence-electron chi connectivity index (χ3n) is 7.62. The van der Waals surface area contributed by atoms with Gasteiger partial charge in [-0.25, -0.2) is 0 Å². The molecule has 4 aliphatic rings. The Bertz CT molecular complexity index is 1360. The monoisotopic (exact) mass is 536 g/mol. The fourth-order valence-electron chi connectivity index (χ4n) is 6.33. The molecule has 4 rings (SSSR count).